The van der Waals surface area contributed by atoms with E-state index in [1.165, 1.54) is 7.11 Å². The molecule has 1 aromatic carbocycles. The summed E-state index contributed by atoms with van der Waals surface area (Å²) < 4.78 is 4.94. The van der Waals surface area contributed by atoms with Crippen LogP contribution in [0.2, 0.25) is 0 Å². The van der Waals surface area contributed by atoms with Crippen LogP contribution in [0.3, 0.4) is 0 Å². The zero-order valence-corrected chi connectivity index (χ0v) is 15.1. The van der Waals surface area contributed by atoms with E-state index in [0.29, 0.717) is 5.56 Å². The molecule has 0 amide bonds. The number of unbranched alkanes of at least 4 members (excludes halogenated alkanes) is 4. The maximum atomic E-state index is 12.1. The van der Waals surface area contributed by atoms with Crippen LogP contribution in [-0.4, -0.2) is 45.8 Å². The molecule has 0 aliphatic carbocycles. The second-order valence-electron chi connectivity index (χ2n) is 6.21. The Morgan fingerprint density at radius 1 is 1.24 bits per heavy atom. The van der Waals surface area contributed by atoms with Crippen molar-refractivity contribution >= 4 is 11.7 Å². The summed E-state index contributed by atoms with van der Waals surface area (Å²) in [5.74, 6) is 6.00. The normalized spacial score (nSPS) is 13.9. The smallest absolute Gasteiger partial charge is 0.339 e. The summed E-state index contributed by atoms with van der Waals surface area (Å²) in [5.41, 5.74) is 7.83. The van der Waals surface area contributed by atoms with Crippen molar-refractivity contribution in [2.45, 2.75) is 32.1 Å². The molecule has 0 atom stereocenters. The van der Waals surface area contributed by atoms with E-state index >= 15 is 0 Å². The fraction of sp³-hybridized carbons (Fsp3) is 0.550. The monoisotopic (exact) mass is 343 g/mol. The van der Waals surface area contributed by atoms with Gasteiger partial charge in [-0.25, -0.2) is 4.79 Å². The Balaban J connectivity index is 2.05. The predicted molar refractivity (Wildman–Crippen MR) is 102 cm³/mol. The quantitative estimate of drug-likeness (QED) is 0.451. The second kappa shape index (κ2) is 10.8. The molecule has 136 valence electrons. The number of hydrogen-bond donors (Lipinski definition) is 2. The van der Waals surface area contributed by atoms with Crippen LogP contribution in [0.5, 0.6) is 0 Å². The molecule has 0 unspecified atom stereocenters. The van der Waals surface area contributed by atoms with Gasteiger partial charge in [0.05, 0.1) is 12.7 Å². The first-order valence-corrected chi connectivity index (χ1v) is 9.13. The van der Waals surface area contributed by atoms with Crippen LogP contribution in [0.4, 0.5) is 5.69 Å². The minimum Gasteiger partial charge on any atom is -0.465 e. The van der Waals surface area contributed by atoms with E-state index in [2.05, 4.69) is 22.1 Å². The molecule has 1 aromatic rings. The maximum absolute atomic E-state index is 12.1. The molecule has 0 aromatic heterocycles. The van der Waals surface area contributed by atoms with Crippen LogP contribution in [0.25, 0.3) is 0 Å². The number of carbonyl (C=O) groups is 1. The van der Waals surface area contributed by atoms with Crippen LogP contribution in [0, 0.1) is 11.8 Å². The molecule has 0 bridgehead atoms. The van der Waals surface area contributed by atoms with Crippen LogP contribution in [0.15, 0.2) is 18.2 Å². The van der Waals surface area contributed by atoms with E-state index < -0.39 is 0 Å². The molecule has 1 aliphatic heterocycles. The number of anilines is 1. The van der Waals surface area contributed by atoms with Crippen molar-refractivity contribution in [3.63, 3.8) is 0 Å². The van der Waals surface area contributed by atoms with Crippen LogP contribution in [0.1, 0.15) is 48.0 Å². The lowest BCUT2D eigenvalue weighted by Crippen LogP contribution is -2.43. The molecule has 1 heterocycles. The Kier molecular flexibility index (Phi) is 8.30. The van der Waals surface area contributed by atoms with Gasteiger partial charge in [-0.1, -0.05) is 24.7 Å². The Bertz CT molecular complexity index is 613. The lowest BCUT2D eigenvalue weighted by atomic mass is 10.1. The topological polar surface area (TPSA) is 67.6 Å². The van der Waals surface area contributed by atoms with E-state index in [0.717, 1.165) is 76.1 Å². The summed E-state index contributed by atoms with van der Waals surface area (Å²) >= 11 is 0. The number of esters is 1. The summed E-state index contributed by atoms with van der Waals surface area (Å²) in [6, 6.07) is 5.89. The SMILES string of the molecule is COC(=O)c1cc(N2CCNCC2)ccc1C#CCCCCCCN. The third kappa shape index (κ3) is 6.08. The molecule has 2 rings (SSSR count). The molecule has 25 heavy (non-hydrogen) atoms. The first-order chi connectivity index (χ1) is 12.3. The maximum Gasteiger partial charge on any atom is 0.339 e. The van der Waals surface area contributed by atoms with Crippen LogP contribution in [-0.2, 0) is 4.74 Å². The minimum atomic E-state index is -0.329. The highest BCUT2D eigenvalue weighted by atomic mass is 16.5. The summed E-state index contributed by atoms with van der Waals surface area (Å²) in [5, 5.41) is 3.33. The molecule has 5 heteroatoms. The second-order valence-corrected chi connectivity index (χ2v) is 6.21. The first kappa shape index (κ1) is 19.3. The Morgan fingerprint density at radius 2 is 2.00 bits per heavy atom. The fourth-order valence-corrected chi connectivity index (χ4v) is 2.91. The van der Waals surface area contributed by atoms with Crippen molar-refractivity contribution < 1.29 is 9.53 Å². The molecule has 1 fully saturated rings. The number of ether oxygens (including phenoxy) is 1. The van der Waals surface area contributed by atoms with Crippen molar-refractivity contribution in [1.82, 2.24) is 5.32 Å². The van der Waals surface area contributed by atoms with Gasteiger partial charge >= 0.3 is 5.97 Å². The highest BCUT2D eigenvalue weighted by molar-refractivity contribution is 5.93. The zero-order valence-electron chi connectivity index (χ0n) is 15.1. The summed E-state index contributed by atoms with van der Waals surface area (Å²) in [7, 11) is 1.41. The highest BCUT2D eigenvalue weighted by Crippen LogP contribution is 2.21. The summed E-state index contributed by atoms with van der Waals surface area (Å²) in [6.07, 6.45) is 5.29. The van der Waals surface area contributed by atoms with Gasteiger partial charge < -0.3 is 20.7 Å². The van der Waals surface area contributed by atoms with Gasteiger partial charge in [0, 0.05) is 43.9 Å². The van der Waals surface area contributed by atoms with Gasteiger partial charge in [-0.15, -0.1) is 0 Å². The molecule has 0 spiro atoms. The standard InChI is InChI=1S/C20H29N3O2/c1-25-20(24)19-16-18(23-14-12-22-13-15-23)10-9-17(19)8-6-4-2-3-5-7-11-21/h9-10,16,22H,2-5,7,11-15,21H2,1H3. The number of hydrogen-bond acceptors (Lipinski definition) is 5. The number of rotatable bonds is 7. The van der Waals surface area contributed by atoms with Crippen LogP contribution < -0.4 is 16.0 Å². The largest absolute Gasteiger partial charge is 0.465 e. The van der Waals surface area contributed by atoms with Gasteiger partial charge in [-0.3, -0.25) is 0 Å². The lowest BCUT2D eigenvalue weighted by molar-refractivity contribution is 0.0600. The average molecular weight is 343 g/mol. The Labute approximate surface area is 150 Å². The number of methoxy groups -OCH3 is 1. The third-order valence-electron chi connectivity index (χ3n) is 4.37. The first-order valence-electron chi connectivity index (χ1n) is 9.13. The fourth-order valence-electron chi connectivity index (χ4n) is 2.91. The number of carbonyl (C=O) groups excluding carboxylic acids is 1. The minimum absolute atomic E-state index is 0.329. The molecule has 1 saturated heterocycles. The molecule has 0 saturated carbocycles. The van der Waals surface area contributed by atoms with E-state index in [1.54, 1.807) is 0 Å². The molecule has 0 radical (unpaired) electrons. The van der Waals surface area contributed by atoms with Gasteiger partial charge in [-0.2, -0.15) is 0 Å². The van der Waals surface area contributed by atoms with Gasteiger partial charge in [0.15, 0.2) is 0 Å². The Morgan fingerprint density at radius 3 is 2.72 bits per heavy atom. The highest BCUT2D eigenvalue weighted by Gasteiger charge is 2.16. The summed E-state index contributed by atoms with van der Waals surface area (Å²) in [4.78, 5) is 14.4. The van der Waals surface area contributed by atoms with Gasteiger partial charge in [-0.05, 0) is 37.6 Å². The predicted octanol–water partition coefficient (Wildman–Crippen LogP) is 2.14. The van der Waals surface area contributed by atoms with E-state index in [4.69, 9.17) is 10.5 Å². The molecular weight excluding hydrogens is 314 g/mol. The van der Waals surface area contributed by atoms with Crippen molar-refractivity contribution in [2.75, 3.05) is 44.7 Å². The third-order valence-corrected chi connectivity index (χ3v) is 4.37. The molecule has 1 aliphatic rings. The van der Waals surface area contributed by atoms with Gasteiger partial charge in [0.25, 0.3) is 0 Å². The average Bonchev–Trinajstić information content (AvgIpc) is 2.67. The van der Waals surface area contributed by atoms with Gasteiger partial charge in [0.2, 0.25) is 0 Å². The number of piperazine rings is 1. The summed E-state index contributed by atoms with van der Waals surface area (Å²) in [6.45, 7) is 4.55. The van der Waals surface area contributed by atoms with E-state index in [9.17, 15) is 4.79 Å². The lowest BCUT2D eigenvalue weighted by Gasteiger charge is -2.29. The van der Waals surface area contributed by atoms with Crippen molar-refractivity contribution in [3.05, 3.63) is 29.3 Å². The molecular formula is C20H29N3O2. The van der Waals surface area contributed by atoms with E-state index in [1.807, 2.05) is 18.2 Å². The van der Waals surface area contributed by atoms with Crippen molar-refractivity contribution in [3.8, 4) is 11.8 Å². The Hall–Kier alpha value is -2.03. The number of benzene rings is 1. The van der Waals surface area contributed by atoms with Crippen LogP contribution >= 0.6 is 0 Å². The number of nitrogens with one attached hydrogen (secondary N) is 1. The van der Waals surface area contributed by atoms with Crippen molar-refractivity contribution in [1.29, 1.82) is 0 Å². The molecule has 3 N–H and O–H groups in total. The van der Waals surface area contributed by atoms with Gasteiger partial charge in [0.1, 0.15) is 0 Å². The number of nitrogens with zero attached hydrogens (tertiary/aromatic N) is 1. The molecule has 5 nitrogen and oxygen atoms in total. The zero-order chi connectivity index (χ0) is 17.9. The van der Waals surface area contributed by atoms with Crippen molar-refractivity contribution in [2.24, 2.45) is 5.73 Å². The van der Waals surface area contributed by atoms with E-state index in [-0.39, 0.29) is 5.97 Å². The number of nitrogens with two attached hydrogens (primary N) is 1.